The molecule has 2 rings (SSSR count). The molecule has 4 nitrogen and oxygen atoms in total. The van der Waals surface area contributed by atoms with Gasteiger partial charge in [0.05, 0.1) is 24.2 Å². The standard InChI is InChI=1S/C17H20N2O2S2/c1-23(20,21)19(17-12-6-5-11-16(17)18)13-7-8-14-22-15-9-3-2-4-10-15/h2-12H,13-14,18H2,1H3/b8-7+. The molecular formula is C17H20N2O2S2. The van der Waals surface area contributed by atoms with Gasteiger partial charge in [0.15, 0.2) is 0 Å². The maximum Gasteiger partial charge on any atom is 0.232 e. The number of hydrogen-bond donors (Lipinski definition) is 1. The molecule has 2 aromatic rings. The van der Waals surface area contributed by atoms with E-state index in [0.717, 1.165) is 5.75 Å². The number of rotatable bonds is 7. The third-order valence-electron chi connectivity index (χ3n) is 3.13. The Bertz CT molecular complexity index is 759. The summed E-state index contributed by atoms with van der Waals surface area (Å²) in [5.74, 6) is 0.784. The Balaban J connectivity index is 2.00. The molecule has 0 aliphatic rings. The van der Waals surface area contributed by atoms with Gasteiger partial charge < -0.3 is 5.73 Å². The predicted molar refractivity (Wildman–Crippen MR) is 99.4 cm³/mol. The van der Waals surface area contributed by atoms with Crippen LogP contribution in [0.3, 0.4) is 0 Å². The average Bonchev–Trinajstić information content (AvgIpc) is 2.52. The summed E-state index contributed by atoms with van der Waals surface area (Å²) in [5.41, 5.74) is 6.85. The second-order valence-corrected chi connectivity index (χ2v) is 7.95. The fourth-order valence-corrected chi connectivity index (χ4v) is 3.68. The van der Waals surface area contributed by atoms with Crippen LogP contribution >= 0.6 is 11.8 Å². The quantitative estimate of drug-likeness (QED) is 0.473. The van der Waals surface area contributed by atoms with Gasteiger partial charge in [0, 0.05) is 10.6 Å². The highest BCUT2D eigenvalue weighted by atomic mass is 32.2. The van der Waals surface area contributed by atoms with Crippen LogP contribution in [0.4, 0.5) is 11.4 Å². The highest BCUT2D eigenvalue weighted by Crippen LogP contribution is 2.24. The lowest BCUT2D eigenvalue weighted by atomic mass is 10.2. The highest BCUT2D eigenvalue weighted by molar-refractivity contribution is 7.99. The van der Waals surface area contributed by atoms with Gasteiger partial charge in [0.25, 0.3) is 0 Å². The molecule has 0 unspecified atom stereocenters. The summed E-state index contributed by atoms with van der Waals surface area (Å²) in [6.07, 6.45) is 5.00. The van der Waals surface area contributed by atoms with Crippen LogP contribution in [-0.4, -0.2) is 27.0 Å². The molecular weight excluding hydrogens is 328 g/mol. The first-order valence-electron chi connectivity index (χ1n) is 7.13. The van der Waals surface area contributed by atoms with Crippen molar-refractivity contribution in [1.29, 1.82) is 0 Å². The number of nitrogens with two attached hydrogens (primary N) is 1. The summed E-state index contributed by atoms with van der Waals surface area (Å²) in [6.45, 7) is 0.266. The van der Waals surface area contributed by atoms with E-state index < -0.39 is 10.0 Å². The lowest BCUT2D eigenvalue weighted by Gasteiger charge is -2.22. The summed E-state index contributed by atoms with van der Waals surface area (Å²) >= 11 is 1.70. The van der Waals surface area contributed by atoms with E-state index in [9.17, 15) is 8.42 Å². The van der Waals surface area contributed by atoms with Gasteiger partial charge in [0.1, 0.15) is 0 Å². The average molecular weight is 348 g/mol. The summed E-state index contributed by atoms with van der Waals surface area (Å²) in [5, 5.41) is 0. The Morgan fingerprint density at radius 2 is 1.70 bits per heavy atom. The van der Waals surface area contributed by atoms with Crippen LogP contribution in [-0.2, 0) is 10.0 Å². The molecule has 23 heavy (non-hydrogen) atoms. The van der Waals surface area contributed by atoms with E-state index in [1.54, 1.807) is 36.0 Å². The first-order valence-corrected chi connectivity index (χ1v) is 9.97. The normalized spacial score (nSPS) is 11.7. The molecule has 0 aliphatic heterocycles. The van der Waals surface area contributed by atoms with Gasteiger partial charge in [-0.15, -0.1) is 11.8 Å². The zero-order chi connectivity index (χ0) is 16.7. The minimum Gasteiger partial charge on any atom is -0.397 e. The Morgan fingerprint density at radius 1 is 1.04 bits per heavy atom. The van der Waals surface area contributed by atoms with E-state index in [4.69, 9.17) is 5.73 Å². The summed E-state index contributed by atoms with van der Waals surface area (Å²) in [4.78, 5) is 1.18. The number of sulfonamides is 1. The van der Waals surface area contributed by atoms with Crippen LogP contribution in [0.2, 0.25) is 0 Å². The number of thioether (sulfide) groups is 1. The van der Waals surface area contributed by atoms with Crippen LogP contribution in [0, 0.1) is 0 Å². The van der Waals surface area contributed by atoms with Crippen LogP contribution in [0.15, 0.2) is 71.6 Å². The molecule has 0 heterocycles. The van der Waals surface area contributed by atoms with Crippen LogP contribution in [0.5, 0.6) is 0 Å². The third kappa shape index (κ3) is 5.33. The molecule has 2 aromatic carbocycles. The molecule has 2 N–H and O–H groups in total. The number of benzene rings is 2. The second-order valence-electron chi connectivity index (χ2n) is 4.95. The predicted octanol–water partition coefficient (Wildman–Crippen LogP) is 3.38. The maximum absolute atomic E-state index is 12.0. The molecule has 122 valence electrons. The van der Waals surface area contributed by atoms with E-state index in [1.165, 1.54) is 15.5 Å². The third-order valence-corrected chi connectivity index (χ3v) is 5.24. The molecule has 0 saturated carbocycles. The van der Waals surface area contributed by atoms with E-state index >= 15 is 0 Å². The molecule has 0 radical (unpaired) electrons. The zero-order valence-electron chi connectivity index (χ0n) is 12.9. The van der Waals surface area contributed by atoms with Crippen molar-refractivity contribution in [3.05, 3.63) is 66.7 Å². The van der Waals surface area contributed by atoms with Crippen molar-refractivity contribution in [3.63, 3.8) is 0 Å². The van der Waals surface area contributed by atoms with Gasteiger partial charge in [-0.3, -0.25) is 4.31 Å². The van der Waals surface area contributed by atoms with Crippen LogP contribution < -0.4 is 10.0 Å². The number of anilines is 2. The number of hydrogen-bond acceptors (Lipinski definition) is 4. The first-order chi connectivity index (χ1) is 11.0. The van der Waals surface area contributed by atoms with E-state index in [1.807, 2.05) is 42.5 Å². The largest absolute Gasteiger partial charge is 0.397 e. The van der Waals surface area contributed by atoms with Crippen molar-refractivity contribution in [2.75, 3.05) is 28.6 Å². The molecule has 0 amide bonds. The monoisotopic (exact) mass is 348 g/mol. The van der Waals surface area contributed by atoms with Gasteiger partial charge in [-0.2, -0.15) is 0 Å². The lowest BCUT2D eigenvalue weighted by Crippen LogP contribution is -2.30. The van der Waals surface area contributed by atoms with Crippen molar-refractivity contribution < 1.29 is 8.42 Å². The van der Waals surface area contributed by atoms with E-state index in [2.05, 4.69) is 0 Å². The van der Waals surface area contributed by atoms with Crippen molar-refractivity contribution >= 4 is 33.2 Å². The molecule has 0 spiro atoms. The van der Waals surface area contributed by atoms with Gasteiger partial charge in [-0.1, -0.05) is 42.5 Å². The molecule has 0 aliphatic carbocycles. The maximum atomic E-state index is 12.0. The zero-order valence-corrected chi connectivity index (χ0v) is 14.6. The van der Waals surface area contributed by atoms with Gasteiger partial charge in [-0.05, 0) is 24.3 Å². The number of para-hydroxylation sites is 2. The topological polar surface area (TPSA) is 63.4 Å². The smallest absolute Gasteiger partial charge is 0.232 e. The fraction of sp³-hybridized carbons (Fsp3) is 0.176. The van der Waals surface area contributed by atoms with E-state index in [0.29, 0.717) is 11.4 Å². The summed E-state index contributed by atoms with van der Waals surface area (Å²) < 4.78 is 25.3. The Hall–Kier alpha value is -1.92. The minimum absolute atomic E-state index is 0.266. The van der Waals surface area contributed by atoms with Crippen molar-refractivity contribution in [2.45, 2.75) is 4.90 Å². The second kappa shape index (κ2) is 8.08. The fourth-order valence-electron chi connectivity index (χ4n) is 2.03. The van der Waals surface area contributed by atoms with Crippen molar-refractivity contribution in [3.8, 4) is 0 Å². The van der Waals surface area contributed by atoms with E-state index in [-0.39, 0.29) is 6.54 Å². The SMILES string of the molecule is CS(=O)(=O)N(C/C=C/CSc1ccccc1)c1ccccc1N. The molecule has 0 atom stereocenters. The summed E-state index contributed by atoms with van der Waals surface area (Å²) in [7, 11) is -3.38. The molecule has 0 saturated heterocycles. The van der Waals surface area contributed by atoms with Gasteiger partial charge >= 0.3 is 0 Å². The number of nitrogens with zero attached hydrogens (tertiary/aromatic N) is 1. The van der Waals surface area contributed by atoms with Crippen molar-refractivity contribution in [2.24, 2.45) is 0 Å². The first kappa shape index (κ1) is 17.4. The summed E-state index contributed by atoms with van der Waals surface area (Å²) in [6, 6.07) is 17.0. The molecule has 6 heteroatoms. The Labute approximate surface area is 142 Å². The minimum atomic E-state index is -3.38. The van der Waals surface area contributed by atoms with Crippen LogP contribution in [0.1, 0.15) is 0 Å². The van der Waals surface area contributed by atoms with Crippen molar-refractivity contribution in [1.82, 2.24) is 0 Å². The highest BCUT2D eigenvalue weighted by Gasteiger charge is 2.17. The Kier molecular flexibility index (Phi) is 6.12. The van der Waals surface area contributed by atoms with Crippen LogP contribution in [0.25, 0.3) is 0 Å². The lowest BCUT2D eigenvalue weighted by molar-refractivity contribution is 0.599. The molecule has 0 fully saturated rings. The number of nitrogen functional groups attached to an aromatic ring is 1. The van der Waals surface area contributed by atoms with Gasteiger partial charge in [0.2, 0.25) is 10.0 Å². The molecule has 0 aromatic heterocycles. The molecule has 0 bridgehead atoms. The van der Waals surface area contributed by atoms with Gasteiger partial charge in [-0.25, -0.2) is 8.42 Å². The Morgan fingerprint density at radius 3 is 2.35 bits per heavy atom.